The number of hydrogen-bond donors (Lipinski definition) is 1. The molecule has 2 aliphatic heterocycles. The average Bonchev–Trinajstić information content (AvgIpc) is 3.46. The van der Waals surface area contributed by atoms with Crippen LogP contribution in [0.2, 0.25) is 0 Å². The summed E-state index contributed by atoms with van der Waals surface area (Å²) < 4.78 is 14.0. The third kappa shape index (κ3) is 5.29. The van der Waals surface area contributed by atoms with Crippen LogP contribution in [0.4, 0.5) is 5.82 Å². The Bertz CT molecular complexity index is 1770. The fraction of sp³-hybridized carbons (Fsp3) is 0.235. The molecule has 4 heterocycles. The van der Waals surface area contributed by atoms with Gasteiger partial charge in [0.1, 0.15) is 28.9 Å². The summed E-state index contributed by atoms with van der Waals surface area (Å²) in [5.74, 6) is 3.27. The molecule has 1 saturated heterocycles. The number of nitriles is 1. The molecule has 1 fully saturated rings. The Kier molecular flexibility index (Phi) is 7.19. The van der Waals surface area contributed by atoms with Crippen molar-refractivity contribution in [1.29, 1.82) is 5.26 Å². The van der Waals surface area contributed by atoms with Crippen molar-refractivity contribution in [2.45, 2.75) is 32.2 Å². The van der Waals surface area contributed by atoms with Crippen LogP contribution >= 0.6 is 0 Å². The molecule has 2 aliphatic rings. The summed E-state index contributed by atoms with van der Waals surface area (Å²) in [4.78, 5) is 15.9. The molecule has 7 rings (SSSR count). The lowest BCUT2D eigenvalue weighted by Gasteiger charge is -2.32. The predicted octanol–water partition coefficient (Wildman–Crippen LogP) is 5.98. The number of methoxy groups -OCH3 is 1. The lowest BCUT2D eigenvalue weighted by molar-refractivity contribution is 0.211. The standard InChI is InChI=1S/C34H31N7O2/c1-42-27-8-5-9-28-31(27)34-39-32(33(41(34)22-43-28)25-6-3-2-4-7-25)24-12-10-23(11-13-24)21-40-18-15-26(16-19-40)37-29-14-17-36-30(20-35)38-29/h2-14,17,26H,15-16,18-19,21-22H2,1H3,(H,36,37,38). The van der Waals surface area contributed by atoms with Gasteiger partial charge in [0.15, 0.2) is 12.6 Å². The van der Waals surface area contributed by atoms with Gasteiger partial charge in [-0.15, -0.1) is 0 Å². The van der Waals surface area contributed by atoms with Crippen LogP contribution in [0, 0.1) is 11.3 Å². The molecule has 9 nitrogen and oxygen atoms in total. The monoisotopic (exact) mass is 569 g/mol. The highest BCUT2D eigenvalue weighted by Gasteiger charge is 2.29. The van der Waals surface area contributed by atoms with Crippen molar-refractivity contribution in [3.8, 4) is 51.5 Å². The van der Waals surface area contributed by atoms with E-state index in [1.807, 2.05) is 36.4 Å². The van der Waals surface area contributed by atoms with Crippen LogP contribution in [-0.4, -0.2) is 50.7 Å². The third-order valence-electron chi connectivity index (χ3n) is 8.12. The smallest absolute Gasteiger partial charge is 0.234 e. The molecule has 3 aromatic carbocycles. The van der Waals surface area contributed by atoms with Crippen molar-refractivity contribution < 1.29 is 9.47 Å². The van der Waals surface area contributed by atoms with Gasteiger partial charge in [0.2, 0.25) is 5.82 Å². The number of nitrogens with one attached hydrogen (secondary N) is 1. The molecule has 0 saturated carbocycles. The normalized spacial score (nSPS) is 14.7. The second kappa shape index (κ2) is 11.6. The van der Waals surface area contributed by atoms with Gasteiger partial charge in [0, 0.05) is 43.0 Å². The molecule has 2 aromatic heterocycles. The number of piperidine rings is 1. The van der Waals surface area contributed by atoms with E-state index in [4.69, 9.17) is 19.7 Å². The Balaban J connectivity index is 1.10. The molecule has 0 radical (unpaired) electrons. The van der Waals surface area contributed by atoms with E-state index in [0.717, 1.165) is 77.9 Å². The van der Waals surface area contributed by atoms with Gasteiger partial charge in [0.05, 0.1) is 18.5 Å². The molecule has 1 N–H and O–H groups in total. The highest BCUT2D eigenvalue weighted by Crippen LogP contribution is 2.45. The van der Waals surface area contributed by atoms with Crippen LogP contribution < -0.4 is 14.8 Å². The van der Waals surface area contributed by atoms with E-state index in [9.17, 15) is 0 Å². The molecule has 0 bridgehead atoms. The summed E-state index contributed by atoms with van der Waals surface area (Å²) in [5, 5.41) is 12.5. The molecule has 0 unspecified atom stereocenters. The number of aromatic nitrogens is 4. The van der Waals surface area contributed by atoms with Crippen molar-refractivity contribution in [1.82, 2.24) is 24.4 Å². The van der Waals surface area contributed by atoms with Crippen LogP contribution in [0.1, 0.15) is 24.2 Å². The molecule has 0 spiro atoms. The molecular formula is C34H31N7O2. The summed E-state index contributed by atoms with van der Waals surface area (Å²) in [6.45, 7) is 3.25. The Morgan fingerprint density at radius 3 is 2.53 bits per heavy atom. The third-order valence-corrected chi connectivity index (χ3v) is 8.12. The molecule has 214 valence electrons. The number of nitrogens with zero attached hydrogens (tertiary/aromatic N) is 6. The fourth-order valence-corrected chi connectivity index (χ4v) is 5.98. The Labute approximate surface area is 250 Å². The molecule has 0 amide bonds. The van der Waals surface area contributed by atoms with Gasteiger partial charge in [0.25, 0.3) is 0 Å². The van der Waals surface area contributed by atoms with Crippen LogP contribution in [0.25, 0.3) is 33.9 Å². The van der Waals surface area contributed by atoms with Crippen LogP contribution in [0.3, 0.4) is 0 Å². The first-order chi connectivity index (χ1) is 21.2. The molecule has 5 aromatic rings. The average molecular weight is 570 g/mol. The van der Waals surface area contributed by atoms with Crippen LogP contribution in [-0.2, 0) is 13.3 Å². The number of hydrogen-bond acceptors (Lipinski definition) is 8. The van der Waals surface area contributed by atoms with Crippen molar-refractivity contribution >= 4 is 5.82 Å². The van der Waals surface area contributed by atoms with Crippen molar-refractivity contribution in [2.24, 2.45) is 0 Å². The van der Waals surface area contributed by atoms with Gasteiger partial charge in [-0.3, -0.25) is 9.47 Å². The van der Waals surface area contributed by atoms with Crippen molar-refractivity contribution in [2.75, 3.05) is 25.5 Å². The minimum Gasteiger partial charge on any atom is -0.496 e. The van der Waals surface area contributed by atoms with E-state index in [1.165, 1.54) is 5.56 Å². The summed E-state index contributed by atoms with van der Waals surface area (Å²) in [5.41, 5.74) is 6.24. The summed E-state index contributed by atoms with van der Waals surface area (Å²) in [7, 11) is 1.68. The maximum atomic E-state index is 9.06. The number of fused-ring (bicyclic) bond motifs is 3. The van der Waals surface area contributed by atoms with E-state index < -0.39 is 0 Å². The van der Waals surface area contributed by atoms with Crippen LogP contribution in [0.5, 0.6) is 11.5 Å². The molecular weight excluding hydrogens is 538 g/mol. The van der Waals surface area contributed by atoms with Gasteiger partial charge >= 0.3 is 0 Å². The zero-order valence-corrected chi connectivity index (χ0v) is 23.9. The Morgan fingerprint density at radius 2 is 1.77 bits per heavy atom. The highest BCUT2D eigenvalue weighted by atomic mass is 16.5. The second-order valence-electron chi connectivity index (χ2n) is 10.8. The predicted molar refractivity (Wildman–Crippen MR) is 164 cm³/mol. The zero-order chi connectivity index (χ0) is 29.2. The minimum absolute atomic E-state index is 0.190. The summed E-state index contributed by atoms with van der Waals surface area (Å²) in [6, 6.07) is 29.1. The molecule has 0 aliphatic carbocycles. The number of anilines is 1. The van der Waals surface area contributed by atoms with Crippen molar-refractivity contribution in [3.05, 3.63) is 96.4 Å². The van der Waals surface area contributed by atoms with E-state index in [2.05, 4.69) is 73.3 Å². The van der Waals surface area contributed by atoms with Gasteiger partial charge < -0.3 is 14.8 Å². The van der Waals surface area contributed by atoms with Crippen LogP contribution in [0.15, 0.2) is 85.1 Å². The molecule has 0 atom stereocenters. The van der Waals surface area contributed by atoms with Gasteiger partial charge in [-0.2, -0.15) is 5.26 Å². The quantitative estimate of drug-likeness (QED) is 0.255. The number of benzene rings is 3. The topological polar surface area (TPSA) is 101 Å². The number of rotatable bonds is 7. The lowest BCUT2D eigenvalue weighted by Crippen LogP contribution is -2.38. The molecule has 43 heavy (non-hydrogen) atoms. The maximum absolute atomic E-state index is 9.06. The van der Waals surface area contributed by atoms with Gasteiger partial charge in [-0.25, -0.2) is 15.0 Å². The highest BCUT2D eigenvalue weighted by molar-refractivity contribution is 5.85. The maximum Gasteiger partial charge on any atom is 0.234 e. The SMILES string of the molecule is COc1cccc2c1-c1nc(-c3ccc(CN4CCC(Nc5ccnc(C#N)n5)CC4)cc3)c(-c3ccccc3)n1CO2. The second-order valence-corrected chi connectivity index (χ2v) is 10.8. The zero-order valence-electron chi connectivity index (χ0n) is 23.9. The number of likely N-dealkylation sites (tertiary alicyclic amines) is 1. The van der Waals surface area contributed by atoms with E-state index >= 15 is 0 Å². The lowest BCUT2D eigenvalue weighted by atomic mass is 10.0. The first-order valence-electron chi connectivity index (χ1n) is 14.5. The largest absolute Gasteiger partial charge is 0.496 e. The Hall–Kier alpha value is -5.20. The van der Waals surface area contributed by atoms with Gasteiger partial charge in [-0.1, -0.05) is 60.7 Å². The van der Waals surface area contributed by atoms with E-state index in [1.54, 1.807) is 13.3 Å². The van der Waals surface area contributed by atoms with E-state index in [-0.39, 0.29) is 5.82 Å². The van der Waals surface area contributed by atoms with Gasteiger partial charge in [-0.05, 0) is 36.6 Å². The summed E-state index contributed by atoms with van der Waals surface area (Å²) in [6.07, 6.45) is 3.65. The fourth-order valence-electron chi connectivity index (χ4n) is 5.98. The number of ether oxygens (including phenoxy) is 2. The number of imidazole rings is 1. The first kappa shape index (κ1) is 26.7. The van der Waals surface area contributed by atoms with Crippen molar-refractivity contribution in [3.63, 3.8) is 0 Å². The van der Waals surface area contributed by atoms with E-state index in [0.29, 0.717) is 18.6 Å². The first-order valence-corrected chi connectivity index (χ1v) is 14.5. The summed E-state index contributed by atoms with van der Waals surface area (Å²) >= 11 is 0. The Morgan fingerprint density at radius 1 is 0.953 bits per heavy atom. The minimum atomic E-state index is 0.190. The molecule has 9 heteroatoms.